The Hall–Kier alpha value is -2.36. The first-order valence-electron chi connectivity index (χ1n) is 9.79. The molecule has 0 N–H and O–H groups in total. The van der Waals surface area contributed by atoms with E-state index in [9.17, 15) is 0 Å². The number of hydrogen-bond acceptors (Lipinski definition) is 2. The van der Waals surface area contributed by atoms with Crippen molar-refractivity contribution in [2.24, 2.45) is 0 Å². The summed E-state index contributed by atoms with van der Waals surface area (Å²) in [4.78, 5) is 0. The number of allylic oxidation sites excluding steroid dienone is 5. The molecular weight excluding hydrogens is 343 g/mol. The fourth-order valence-corrected chi connectivity index (χ4v) is 3.22. The zero-order valence-electron chi connectivity index (χ0n) is 17.5. The van der Waals surface area contributed by atoms with Crippen molar-refractivity contribution >= 4 is 12.7 Å². The fourth-order valence-electron chi connectivity index (χ4n) is 3.22. The highest BCUT2D eigenvalue weighted by Crippen LogP contribution is 2.39. The molecule has 0 bridgehead atoms. The van der Waals surface area contributed by atoms with Gasteiger partial charge in [0.15, 0.2) is 0 Å². The molecular formula is C25H29BO2. The Bertz CT molecular complexity index is 891. The molecule has 1 heterocycles. The second-order valence-corrected chi connectivity index (χ2v) is 8.13. The van der Waals surface area contributed by atoms with E-state index in [0.29, 0.717) is 0 Å². The Labute approximate surface area is 169 Å². The van der Waals surface area contributed by atoms with Gasteiger partial charge in [0.25, 0.3) is 0 Å². The van der Waals surface area contributed by atoms with Crippen LogP contribution in [0.4, 0.5) is 0 Å². The van der Waals surface area contributed by atoms with E-state index in [-0.39, 0.29) is 11.2 Å². The Morgan fingerprint density at radius 1 is 0.893 bits per heavy atom. The van der Waals surface area contributed by atoms with E-state index >= 15 is 0 Å². The molecule has 0 aliphatic carbocycles. The molecule has 2 aromatic rings. The van der Waals surface area contributed by atoms with E-state index in [2.05, 4.69) is 95.0 Å². The third-order valence-electron chi connectivity index (χ3n) is 5.70. The highest BCUT2D eigenvalue weighted by molar-refractivity contribution is 6.56. The molecule has 3 heteroatoms. The smallest absolute Gasteiger partial charge is 0.399 e. The minimum Gasteiger partial charge on any atom is -0.399 e. The molecule has 2 aromatic carbocycles. The van der Waals surface area contributed by atoms with Crippen molar-refractivity contribution in [3.8, 4) is 11.1 Å². The Morgan fingerprint density at radius 2 is 1.50 bits per heavy atom. The first-order valence-corrected chi connectivity index (χ1v) is 9.79. The standard InChI is InChI=1S/C25H29BO2/c1-7-19(18-23(8-2)26-27-24(3,4)25(5,6)28-26)21-15-12-16-22(17-21)20-13-10-9-11-14-20/h7-18H,2H2,1,3-6H3/b19-7+,23-18+. The summed E-state index contributed by atoms with van der Waals surface area (Å²) >= 11 is 0. The molecule has 1 saturated heterocycles. The largest absolute Gasteiger partial charge is 0.494 e. The van der Waals surface area contributed by atoms with Crippen molar-refractivity contribution < 1.29 is 9.31 Å². The van der Waals surface area contributed by atoms with Crippen LogP contribution in [0.2, 0.25) is 0 Å². The van der Waals surface area contributed by atoms with Gasteiger partial charge < -0.3 is 9.31 Å². The van der Waals surface area contributed by atoms with Crippen LogP contribution in [0, 0.1) is 0 Å². The van der Waals surface area contributed by atoms with Gasteiger partial charge in [-0.05, 0) is 68.4 Å². The minimum atomic E-state index is -0.422. The predicted molar refractivity (Wildman–Crippen MR) is 120 cm³/mol. The second kappa shape index (κ2) is 7.94. The normalized spacial score (nSPS) is 19.0. The first-order chi connectivity index (χ1) is 13.3. The van der Waals surface area contributed by atoms with Crippen molar-refractivity contribution in [3.63, 3.8) is 0 Å². The maximum atomic E-state index is 6.20. The van der Waals surface area contributed by atoms with Crippen molar-refractivity contribution in [2.45, 2.75) is 45.8 Å². The Kier molecular flexibility index (Phi) is 5.78. The molecule has 1 fully saturated rings. The van der Waals surface area contributed by atoms with E-state index in [1.54, 1.807) is 0 Å². The van der Waals surface area contributed by atoms with Crippen LogP contribution in [-0.4, -0.2) is 18.3 Å². The highest BCUT2D eigenvalue weighted by atomic mass is 16.7. The molecule has 2 nitrogen and oxygen atoms in total. The molecule has 28 heavy (non-hydrogen) atoms. The van der Waals surface area contributed by atoms with E-state index in [0.717, 1.165) is 16.6 Å². The lowest BCUT2D eigenvalue weighted by Gasteiger charge is -2.32. The number of hydrogen-bond donors (Lipinski definition) is 0. The van der Waals surface area contributed by atoms with Crippen LogP contribution in [0.1, 0.15) is 40.2 Å². The zero-order valence-corrected chi connectivity index (χ0v) is 17.5. The van der Waals surface area contributed by atoms with Crippen LogP contribution in [-0.2, 0) is 9.31 Å². The van der Waals surface area contributed by atoms with E-state index in [4.69, 9.17) is 9.31 Å². The van der Waals surface area contributed by atoms with Crippen LogP contribution in [0.15, 0.2) is 84.9 Å². The van der Waals surface area contributed by atoms with Crippen LogP contribution >= 0.6 is 0 Å². The zero-order chi connectivity index (χ0) is 20.4. The van der Waals surface area contributed by atoms with Gasteiger partial charge in [0.2, 0.25) is 0 Å². The monoisotopic (exact) mass is 372 g/mol. The average Bonchev–Trinajstić information content (AvgIpc) is 2.90. The molecule has 0 amide bonds. The highest BCUT2D eigenvalue weighted by Gasteiger charge is 2.51. The molecule has 1 aliphatic heterocycles. The molecule has 0 saturated carbocycles. The van der Waals surface area contributed by atoms with Gasteiger partial charge in [-0.3, -0.25) is 0 Å². The van der Waals surface area contributed by atoms with Crippen molar-refractivity contribution in [3.05, 3.63) is 90.4 Å². The van der Waals surface area contributed by atoms with E-state index in [1.807, 2.05) is 19.1 Å². The van der Waals surface area contributed by atoms with Crippen LogP contribution < -0.4 is 0 Å². The van der Waals surface area contributed by atoms with Crippen LogP contribution in [0.25, 0.3) is 16.7 Å². The SMILES string of the molecule is C=C/C(=C\C(=C/C)c1cccc(-c2ccccc2)c1)B1OC(C)(C)C(C)(C)O1. The number of benzene rings is 2. The summed E-state index contributed by atoms with van der Waals surface area (Å²) < 4.78 is 12.4. The van der Waals surface area contributed by atoms with Crippen LogP contribution in [0.3, 0.4) is 0 Å². The summed E-state index contributed by atoms with van der Waals surface area (Å²) in [6, 6.07) is 19.0. The van der Waals surface area contributed by atoms with Gasteiger partial charge >= 0.3 is 7.12 Å². The van der Waals surface area contributed by atoms with E-state index in [1.165, 1.54) is 11.1 Å². The molecule has 144 valence electrons. The van der Waals surface area contributed by atoms with Gasteiger partial charge in [-0.15, -0.1) is 0 Å². The fraction of sp³-hybridized carbons (Fsp3) is 0.280. The lowest BCUT2D eigenvalue weighted by Crippen LogP contribution is -2.41. The molecule has 1 aliphatic rings. The van der Waals surface area contributed by atoms with Gasteiger partial charge in [-0.1, -0.05) is 73.3 Å². The summed E-state index contributed by atoms with van der Waals surface area (Å²) in [6.45, 7) is 14.3. The predicted octanol–water partition coefficient (Wildman–Crippen LogP) is 6.50. The van der Waals surface area contributed by atoms with Gasteiger partial charge in [0.1, 0.15) is 0 Å². The van der Waals surface area contributed by atoms with Crippen LogP contribution in [0.5, 0.6) is 0 Å². The Morgan fingerprint density at radius 3 is 2.07 bits per heavy atom. The van der Waals surface area contributed by atoms with Gasteiger partial charge in [0.05, 0.1) is 11.2 Å². The summed E-state index contributed by atoms with van der Waals surface area (Å²) in [7, 11) is -0.422. The molecule has 0 radical (unpaired) electrons. The minimum absolute atomic E-state index is 0.372. The van der Waals surface area contributed by atoms with Crippen molar-refractivity contribution in [2.75, 3.05) is 0 Å². The lowest BCUT2D eigenvalue weighted by atomic mass is 9.76. The van der Waals surface area contributed by atoms with Crippen molar-refractivity contribution in [1.82, 2.24) is 0 Å². The molecule has 0 unspecified atom stereocenters. The summed E-state index contributed by atoms with van der Waals surface area (Å²) in [6.07, 6.45) is 6.05. The molecule has 3 rings (SSSR count). The maximum absolute atomic E-state index is 6.20. The average molecular weight is 372 g/mol. The third-order valence-corrected chi connectivity index (χ3v) is 5.70. The van der Waals surface area contributed by atoms with Crippen molar-refractivity contribution in [1.29, 1.82) is 0 Å². The molecule has 0 atom stereocenters. The Balaban J connectivity index is 1.93. The topological polar surface area (TPSA) is 18.5 Å². The number of rotatable bonds is 5. The van der Waals surface area contributed by atoms with Gasteiger partial charge in [0, 0.05) is 0 Å². The van der Waals surface area contributed by atoms with Gasteiger partial charge in [-0.2, -0.15) is 0 Å². The lowest BCUT2D eigenvalue weighted by molar-refractivity contribution is 0.00578. The molecule has 0 spiro atoms. The van der Waals surface area contributed by atoms with Gasteiger partial charge in [-0.25, -0.2) is 0 Å². The quantitative estimate of drug-likeness (QED) is 0.441. The summed E-state index contributed by atoms with van der Waals surface area (Å²) in [5.74, 6) is 0. The first kappa shape index (κ1) is 20.4. The summed E-state index contributed by atoms with van der Waals surface area (Å²) in [5.41, 5.74) is 4.85. The second-order valence-electron chi connectivity index (χ2n) is 8.13. The summed E-state index contributed by atoms with van der Waals surface area (Å²) in [5, 5.41) is 0. The molecule has 0 aromatic heterocycles. The maximum Gasteiger partial charge on any atom is 0.494 e. The van der Waals surface area contributed by atoms with E-state index < -0.39 is 7.12 Å². The third kappa shape index (κ3) is 4.06.